The molecule has 35 heavy (non-hydrogen) atoms. The maximum absolute atomic E-state index is 15.1. The second kappa shape index (κ2) is 9.83. The number of aliphatic hydroxyl groups is 1. The average molecular weight is 483 g/mol. The van der Waals surface area contributed by atoms with Crippen molar-refractivity contribution in [2.75, 3.05) is 49.1 Å². The van der Waals surface area contributed by atoms with Crippen LogP contribution in [0.4, 0.5) is 20.6 Å². The molecule has 2 aromatic carbocycles. The van der Waals surface area contributed by atoms with E-state index in [0.717, 1.165) is 19.6 Å². The molecule has 186 valence electrons. The fraction of sp³-hybridized carbons (Fsp3) is 0.462. The van der Waals surface area contributed by atoms with Gasteiger partial charge >= 0.3 is 6.09 Å². The van der Waals surface area contributed by atoms with Crippen LogP contribution in [0.1, 0.15) is 12.5 Å². The molecule has 0 spiro atoms. The highest BCUT2D eigenvalue weighted by molar-refractivity contribution is 5.90. The van der Waals surface area contributed by atoms with Gasteiger partial charge in [0.05, 0.1) is 31.1 Å². The summed E-state index contributed by atoms with van der Waals surface area (Å²) in [6, 6.07) is 15.5. The van der Waals surface area contributed by atoms with Gasteiger partial charge in [-0.3, -0.25) is 14.6 Å². The summed E-state index contributed by atoms with van der Waals surface area (Å²) in [7, 11) is 0. The highest BCUT2D eigenvalue weighted by Crippen LogP contribution is 2.50. The monoisotopic (exact) mass is 482 g/mol. The first-order valence-electron chi connectivity index (χ1n) is 12.1. The van der Waals surface area contributed by atoms with E-state index in [1.54, 1.807) is 12.1 Å². The number of benzene rings is 2. The second-order valence-corrected chi connectivity index (χ2v) is 9.59. The van der Waals surface area contributed by atoms with E-state index in [0.29, 0.717) is 35.8 Å². The van der Waals surface area contributed by atoms with Gasteiger partial charge in [0, 0.05) is 39.1 Å². The Morgan fingerprint density at radius 2 is 1.91 bits per heavy atom. The summed E-state index contributed by atoms with van der Waals surface area (Å²) in [5, 5.41) is 12.2. The summed E-state index contributed by atoms with van der Waals surface area (Å²) in [6.45, 7) is 4.98. The van der Waals surface area contributed by atoms with Gasteiger partial charge in [0.25, 0.3) is 0 Å². The first-order chi connectivity index (χ1) is 16.9. The van der Waals surface area contributed by atoms with Crippen LogP contribution in [0.2, 0.25) is 0 Å². The van der Waals surface area contributed by atoms with Crippen molar-refractivity contribution >= 4 is 23.4 Å². The van der Waals surface area contributed by atoms with E-state index in [1.165, 1.54) is 23.5 Å². The van der Waals surface area contributed by atoms with Crippen LogP contribution in [0, 0.1) is 17.7 Å². The number of aliphatic hydroxyl groups excluding tert-OH is 1. The molecule has 1 unspecified atom stereocenters. The molecule has 0 aromatic heterocycles. The summed E-state index contributed by atoms with van der Waals surface area (Å²) in [5.41, 5.74) is 2.21. The number of anilines is 2. The minimum atomic E-state index is -0.542. The van der Waals surface area contributed by atoms with Crippen molar-refractivity contribution in [2.24, 2.45) is 11.8 Å². The third-order valence-electron chi connectivity index (χ3n) is 7.22. The third-order valence-corrected chi connectivity index (χ3v) is 7.22. The van der Waals surface area contributed by atoms with E-state index < -0.39 is 12.2 Å². The second-order valence-electron chi connectivity index (χ2n) is 9.59. The van der Waals surface area contributed by atoms with E-state index in [-0.39, 0.29) is 31.4 Å². The van der Waals surface area contributed by atoms with E-state index in [9.17, 15) is 14.7 Å². The Morgan fingerprint density at radius 3 is 2.57 bits per heavy atom. The molecule has 1 aliphatic carbocycles. The van der Waals surface area contributed by atoms with Crippen molar-refractivity contribution in [1.82, 2.24) is 10.2 Å². The summed E-state index contributed by atoms with van der Waals surface area (Å²) < 4.78 is 20.4. The molecule has 3 aliphatic rings. The van der Waals surface area contributed by atoms with Crippen molar-refractivity contribution in [3.05, 3.63) is 59.9 Å². The Morgan fingerprint density at radius 1 is 1.17 bits per heavy atom. The van der Waals surface area contributed by atoms with E-state index in [2.05, 4.69) is 27.2 Å². The number of fused-ring (bicyclic) bond motifs is 1. The quantitative estimate of drug-likeness (QED) is 0.570. The predicted octanol–water partition coefficient (Wildman–Crippen LogP) is 2.22. The molecule has 0 radical (unpaired) electrons. The number of cyclic esters (lactones) is 1. The highest BCUT2D eigenvalue weighted by Gasteiger charge is 2.58. The lowest BCUT2D eigenvalue weighted by molar-refractivity contribution is -0.119. The van der Waals surface area contributed by atoms with Gasteiger partial charge in [-0.15, -0.1) is 0 Å². The van der Waals surface area contributed by atoms with Crippen LogP contribution in [0.3, 0.4) is 0 Å². The molecule has 2 N–H and O–H groups in total. The van der Waals surface area contributed by atoms with Crippen molar-refractivity contribution in [3.8, 4) is 0 Å². The number of halogens is 1. The predicted molar refractivity (Wildman–Crippen MR) is 130 cm³/mol. The van der Waals surface area contributed by atoms with Crippen molar-refractivity contribution in [2.45, 2.75) is 25.6 Å². The first-order valence-corrected chi connectivity index (χ1v) is 12.1. The molecule has 9 heteroatoms. The van der Waals surface area contributed by atoms with Gasteiger partial charge in [0.15, 0.2) is 0 Å². The number of hydrogen-bond acceptors (Lipinski definition) is 6. The Balaban J connectivity index is 1.20. The van der Waals surface area contributed by atoms with Crippen molar-refractivity contribution in [1.29, 1.82) is 0 Å². The van der Waals surface area contributed by atoms with Crippen LogP contribution in [-0.2, 0) is 16.1 Å². The molecule has 2 saturated heterocycles. The lowest BCUT2D eigenvalue weighted by atomic mass is 10.2. The fourth-order valence-corrected chi connectivity index (χ4v) is 5.53. The standard InChI is InChI=1S/C26H31FN4O4/c1-17(33)28-12-20-14-31(26(34)35-20)19-7-8-24(23(27)11-19)30-15-21-22(16-30)25(21)29(9-10-32)13-18-5-3-2-4-6-18/h2-8,11,20-22,25,32H,9-10,12-16H2,1H3,(H,28,33)/t20-,21-,22+,25?/m0/s1. The van der Waals surface area contributed by atoms with Crippen LogP contribution in [0.15, 0.2) is 48.5 Å². The molecule has 3 fully saturated rings. The van der Waals surface area contributed by atoms with Crippen LogP contribution >= 0.6 is 0 Å². The Kier molecular flexibility index (Phi) is 6.62. The molecular formula is C26H31FN4O4. The number of ether oxygens (including phenoxy) is 1. The van der Waals surface area contributed by atoms with Gasteiger partial charge in [-0.1, -0.05) is 30.3 Å². The number of rotatable bonds is 9. The molecule has 2 heterocycles. The number of piperidine rings is 1. The van der Waals surface area contributed by atoms with Crippen LogP contribution in [-0.4, -0.2) is 73.5 Å². The van der Waals surface area contributed by atoms with Gasteiger partial charge in [0.2, 0.25) is 5.91 Å². The van der Waals surface area contributed by atoms with Crippen LogP contribution in [0.5, 0.6) is 0 Å². The molecule has 2 aromatic rings. The Bertz CT molecular complexity index is 1070. The summed E-state index contributed by atoms with van der Waals surface area (Å²) >= 11 is 0. The minimum absolute atomic E-state index is 0.118. The lowest BCUT2D eigenvalue weighted by Crippen LogP contribution is -2.36. The molecule has 8 nitrogen and oxygen atoms in total. The van der Waals surface area contributed by atoms with Gasteiger partial charge in [0.1, 0.15) is 11.9 Å². The van der Waals surface area contributed by atoms with Gasteiger partial charge in [-0.2, -0.15) is 0 Å². The molecule has 5 rings (SSSR count). The van der Waals surface area contributed by atoms with Crippen molar-refractivity contribution < 1.29 is 23.8 Å². The molecular weight excluding hydrogens is 451 g/mol. The first kappa shape index (κ1) is 23.6. The summed E-state index contributed by atoms with van der Waals surface area (Å²) in [4.78, 5) is 29.2. The highest BCUT2D eigenvalue weighted by atomic mass is 19.1. The topological polar surface area (TPSA) is 85.4 Å². The normalized spacial score (nSPS) is 25.1. The van der Waals surface area contributed by atoms with Crippen LogP contribution < -0.4 is 15.1 Å². The van der Waals surface area contributed by atoms with Gasteiger partial charge < -0.3 is 20.1 Å². The third kappa shape index (κ3) is 4.97. The lowest BCUT2D eigenvalue weighted by Gasteiger charge is -2.28. The summed E-state index contributed by atoms with van der Waals surface area (Å²) in [5.74, 6) is 0.343. The minimum Gasteiger partial charge on any atom is -0.442 e. The molecule has 4 atom stereocenters. The van der Waals surface area contributed by atoms with Gasteiger partial charge in [-0.05, 0) is 35.6 Å². The number of amides is 2. The van der Waals surface area contributed by atoms with Crippen molar-refractivity contribution in [3.63, 3.8) is 0 Å². The number of carbonyl (C=O) groups is 2. The maximum Gasteiger partial charge on any atom is 0.414 e. The number of carbonyl (C=O) groups excluding carboxylic acids is 2. The van der Waals surface area contributed by atoms with Gasteiger partial charge in [-0.25, -0.2) is 9.18 Å². The number of nitrogens with zero attached hydrogens (tertiary/aromatic N) is 3. The Labute approximate surface area is 204 Å². The summed E-state index contributed by atoms with van der Waals surface area (Å²) in [6.07, 6.45) is -1.00. The molecule has 0 bridgehead atoms. The van der Waals surface area contributed by atoms with E-state index >= 15 is 4.39 Å². The molecule has 1 saturated carbocycles. The molecule has 2 amide bonds. The smallest absolute Gasteiger partial charge is 0.414 e. The number of nitrogens with one attached hydrogen (secondary N) is 1. The fourth-order valence-electron chi connectivity index (χ4n) is 5.53. The zero-order valence-electron chi connectivity index (χ0n) is 19.8. The van der Waals surface area contributed by atoms with Crippen LogP contribution in [0.25, 0.3) is 0 Å². The average Bonchev–Trinajstić information content (AvgIpc) is 3.14. The molecule has 2 aliphatic heterocycles. The maximum atomic E-state index is 15.1. The van der Waals surface area contributed by atoms with E-state index in [4.69, 9.17) is 4.74 Å². The zero-order valence-corrected chi connectivity index (χ0v) is 19.8. The number of hydrogen-bond donors (Lipinski definition) is 2. The largest absolute Gasteiger partial charge is 0.442 e. The van der Waals surface area contributed by atoms with E-state index in [1.807, 2.05) is 18.2 Å². The SMILES string of the molecule is CC(=O)NC[C@H]1CN(c2ccc(N3C[C@@H]4C(N(CCO)Cc5ccccc5)[C@@H]4C3)c(F)c2)C(=O)O1. The zero-order chi connectivity index (χ0) is 24.5. The Hall–Kier alpha value is -3.17.